The second-order valence-corrected chi connectivity index (χ2v) is 17.2. The Balaban J connectivity index is 1.05. The van der Waals surface area contributed by atoms with Gasteiger partial charge >= 0.3 is 0 Å². The van der Waals surface area contributed by atoms with Gasteiger partial charge in [0.15, 0.2) is 0 Å². The molecule has 11 aromatic carbocycles. The molecule has 12 aromatic rings. The highest BCUT2D eigenvalue weighted by Crippen LogP contribution is 2.57. The third-order valence-electron chi connectivity index (χ3n) is 13.7. The number of hydrogen-bond donors (Lipinski definition) is 0. The quantitative estimate of drug-likeness (QED) is 0.159. The van der Waals surface area contributed by atoms with Crippen LogP contribution in [0.2, 0.25) is 0 Å². The minimum absolute atomic E-state index is 0.542. The van der Waals surface area contributed by atoms with Crippen LogP contribution in [0.15, 0.2) is 253 Å². The Hall–Kier alpha value is -8.46. The number of benzene rings is 11. The summed E-state index contributed by atoms with van der Waals surface area (Å²) >= 11 is 0. The summed E-state index contributed by atoms with van der Waals surface area (Å²) in [6, 6.07) is 91.1. The Kier molecular flexibility index (Phi) is 8.47. The van der Waals surface area contributed by atoms with E-state index in [1.165, 1.54) is 60.5 Å². The predicted octanol–water partition coefficient (Wildman–Crippen LogP) is 17.1. The molecule has 0 amide bonds. The van der Waals surface area contributed by atoms with Crippen LogP contribution in [0.25, 0.3) is 76.9 Å². The average molecular weight is 828 g/mol. The Bertz CT molecular complexity index is 3750. The first-order valence-electron chi connectivity index (χ1n) is 22.4. The Morgan fingerprint density at radius 3 is 1.68 bits per heavy atom. The second-order valence-electron chi connectivity index (χ2n) is 17.2. The van der Waals surface area contributed by atoms with Crippen LogP contribution in [0.5, 0.6) is 0 Å². The lowest BCUT2D eigenvalue weighted by atomic mass is 9.67. The van der Waals surface area contributed by atoms with Gasteiger partial charge in [0.25, 0.3) is 0 Å². The standard InChI is InChI=1S/C63H41NO/c1-3-21-49(22-4-1)63(50-23-5-2-6-24-50)58-28-13-11-27-54(58)55-34-33-52(41-59(55)63)64(51-25-15-20-44(37-51)47-31-30-42-16-7-8-17-43(42)36-47)60-29-14-12-26-53(60)48-32-35-61-56(39-48)57-38-45-18-9-10-19-46(45)40-62(57)65-61/h1-41H. The molecule has 0 saturated heterocycles. The van der Waals surface area contributed by atoms with E-state index in [-0.39, 0.29) is 0 Å². The number of nitrogens with zero attached hydrogens (tertiary/aromatic N) is 1. The van der Waals surface area contributed by atoms with E-state index in [1.807, 2.05) is 0 Å². The molecule has 0 spiro atoms. The fourth-order valence-corrected chi connectivity index (χ4v) is 10.7. The Morgan fingerprint density at radius 1 is 0.308 bits per heavy atom. The van der Waals surface area contributed by atoms with Crippen LogP contribution in [0.4, 0.5) is 17.1 Å². The van der Waals surface area contributed by atoms with Gasteiger partial charge in [0, 0.05) is 27.7 Å². The first-order chi connectivity index (χ1) is 32.2. The molecule has 1 heterocycles. The summed E-state index contributed by atoms with van der Waals surface area (Å²) in [6.07, 6.45) is 0. The minimum Gasteiger partial charge on any atom is -0.456 e. The first kappa shape index (κ1) is 37.1. The third kappa shape index (κ3) is 5.88. The predicted molar refractivity (Wildman–Crippen MR) is 272 cm³/mol. The molecule has 0 atom stereocenters. The number of furan rings is 1. The molecule has 0 saturated carbocycles. The van der Waals surface area contributed by atoms with E-state index in [0.717, 1.165) is 55.7 Å². The number of rotatable bonds is 7. The second kappa shape index (κ2) is 14.8. The maximum atomic E-state index is 6.50. The van der Waals surface area contributed by atoms with Crippen molar-refractivity contribution in [1.29, 1.82) is 0 Å². The lowest BCUT2D eigenvalue weighted by molar-refractivity contribution is 0.669. The van der Waals surface area contributed by atoms with Gasteiger partial charge in [-0.25, -0.2) is 0 Å². The number of para-hydroxylation sites is 1. The smallest absolute Gasteiger partial charge is 0.136 e. The molecule has 13 rings (SSSR count). The Morgan fingerprint density at radius 2 is 0.892 bits per heavy atom. The molecule has 2 heteroatoms. The molecular formula is C63H41NO. The van der Waals surface area contributed by atoms with Crippen LogP contribution in [0.1, 0.15) is 22.3 Å². The highest BCUT2D eigenvalue weighted by Gasteiger charge is 2.46. The summed E-state index contributed by atoms with van der Waals surface area (Å²) < 4.78 is 6.50. The van der Waals surface area contributed by atoms with Crippen molar-refractivity contribution in [2.45, 2.75) is 5.41 Å². The summed E-state index contributed by atoms with van der Waals surface area (Å²) in [5, 5.41) is 7.06. The summed E-state index contributed by atoms with van der Waals surface area (Å²) in [5.41, 5.74) is 16.6. The molecule has 1 aromatic heterocycles. The molecule has 0 fully saturated rings. The Labute approximate surface area is 377 Å². The number of fused-ring (bicyclic) bond motifs is 8. The van der Waals surface area contributed by atoms with E-state index in [1.54, 1.807) is 0 Å². The van der Waals surface area contributed by atoms with Crippen LogP contribution < -0.4 is 4.90 Å². The van der Waals surface area contributed by atoms with Crippen molar-refractivity contribution in [3.05, 3.63) is 271 Å². The highest BCUT2D eigenvalue weighted by molar-refractivity contribution is 6.11. The zero-order valence-electron chi connectivity index (χ0n) is 35.5. The summed E-state index contributed by atoms with van der Waals surface area (Å²) in [6.45, 7) is 0. The van der Waals surface area contributed by atoms with Crippen molar-refractivity contribution < 1.29 is 4.42 Å². The van der Waals surface area contributed by atoms with Crippen molar-refractivity contribution >= 4 is 60.5 Å². The van der Waals surface area contributed by atoms with Gasteiger partial charge in [-0.1, -0.05) is 188 Å². The molecule has 1 aliphatic rings. The molecule has 304 valence electrons. The van der Waals surface area contributed by atoms with Crippen LogP contribution >= 0.6 is 0 Å². The summed E-state index contributed by atoms with van der Waals surface area (Å²) in [4.78, 5) is 2.47. The van der Waals surface area contributed by atoms with Gasteiger partial charge in [0.1, 0.15) is 11.2 Å². The zero-order valence-corrected chi connectivity index (χ0v) is 35.5. The van der Waals surface area contributed by atoms with Crippen molar-refractivity contribution in [2.75, 3.05) is 4.90 Å². The molecule has 2 nitrogen and oxygen atoms in total. The van der Waals surface area contributed by atoms with Crippen LogP contribution in [-0.2, 0) is 5.41 Å². The lowest BCUT2D eigenvalue weighted by Gasteiger charge is -2.35. The van der Waals surface area contributed by atoms with E-state index < -0.39 is 5.41 Å². The van der Waals surface area contributed by atoms with E-state index in [9.17, 15) is 0 Å². The van der Waals surface area contributed by atoms with Crippen molar-refractivity contribution in [3.63, 3.8) is 0 Å². The summed E-state index contributed by atoms with van der Waals surface area (Å²) in [7, 11) is 0. The maximum absolute atomic E-state index is 6.50. The van der Waals surface area contributed by atoms with Gasteiger partial charge in [-0.3, -0.25) is 0 Å². The van der Waals surface area contributed by atoms with Gasteiger partial charge < -0.3 is 9.32 Å². The molecule has 0 radical (unpaired) electrons. The van der Waals surface area contributed by atoms with Crippen LogP contribution in [0, 0.1) is 0 Å². The molecule has 65 heavy (non-hydrogen) atoms. The lowest BCUT2D eigenvalue weighted by Crippen LogP contribution is -2.28. The number of hydrogen-bond acceptors (Lipinski definition) is 2. The molecule has 0 bridgehead atoms. The highest BCUT2D eigenvalue weighted by atomic mass is 16.3. The minimum atomic E-state index is -0.542. The van der Waals surface area contributed by atoms with Gasteiger partial charge in [0.05, 0.1) is 11.1 Å². The van der Waals surface area contributed by atoms with E-state index in [4.69, 9.17) is 4.42 Å². The van der Waals surface area contributed by atoms with E-state index in [0.29, 0.717) is 0 Å². The first-order valence-corrected chi connectivity index (χ1v) is 22.4. The van der Waals surface area contributed by atoms with Gasteiger partial charge in [-0.05, 0) is 132 Å². The van der Waals surface area contributed by atoms with E-state index >= 15 is 0 Å². The molecular weight excluding hydrogens is 787 g/mol. The summed E-state index contributed by atoms with van der Waals surface area (Å²) in [5.74, 6) is 0. The van der Waals surface area contributed by atoms with Crippen molar-refractivity contribution in [2.24, 2.45) is 0 Å². The fraction of sp³-hybridized carbons (Fsp3) is 0.0159. The fourth-order valence-electron chi connectivity index (χ4n) is 10.7. The topological polar surface area (TPSA) is 16.4 Å². The van der Waals surface area contributed by atoms with Crippen molar-refractivity contribution in [1.82, 2.24) is 0 Å². The normalized spacial score (nSPS) is 12.7. The molecule has 1 aliphatic carbocycles. The molecule has 0 N–H and O–H groups in total. The maximum Gasteiger partial charge on any atom is 0.136 e. The van der Waals surface area contributed by atoms with Gasteiger partial charge in [0.2, 0.25) is 0 Å². The molecule has 0 aliphatic heterocycles. The van der Waals surface area contributed by atoms with Crippen LogP contribution in [-0.4, -0.2) is 0 Å². The largest absolute Gasteiger partial charge is 0.456 e. The SMILES string of the molecule is c1ccc(C2(c3ccccc3)c3ccccc3-c3ccc(N(c4cccc(-c5ccc6ccccc6c5)c4)c4ccccc4-c4ccc5oc6cc7ccccc7cc6c5c4)cc32)cc1. The average Bonchev–Trinajstić information content (AvgIpc) is 3.88. The monoisotopic (exact) mass is 827 g/mol. The van der Waals surface area contributed by atoms with Crippen molar-refractivity contribution in [3.8, 4) is 33.4 Å². The third-order valence-corrected chi connectivity index (χ3v) is 13.7. The number of anilines is 3. The van der Waals surface area contributed by atoms with Crippen LogP contribution in [0.3, 0.4) is 0 Å². The zero-order chi connectivity index (χ0) is 42.9. The van der Waals surface area contributed by atoms with Gasteiger partial charge in [-0.15, -0.1) is 0 Å². The van der Waals surface area contributed by atoms with Gasteiger partial charge in [-0.2, -0.15) is 0 Å². The molecule has 0 unspecified atom stereocenters. The van der Waals surface area contributed by atoms with E-state index in [2.05, 4.69) is 254 Å².